The summed E-state index contributed by atoms with van der Waals surface area (Å²) in [5.41, 5.74) is 0.667. The Kier molecular flexibility index (Phi) is 5.46. The SMILES string of the molecule is CC(C)Cn1c(SCc2nc3ccsc3c(=O)[nH]2)nnc1N1CCOCC1. The van der Waals surface area contributed by atoms with E-state index in [0.29, 0.717) is 35.4 Å². The Morgan fingerprint density at radius 3 is 2.93 bits per heavy atom. The van der Waals surface area contributed by atoms with E-state index in [1.807, 2.05) is 11.4 Å². The Labute approximate surface area is 165 Å². The van der Waals surface area contributed by atoms with Gasteiger partial charge in [0.2, 0.25) is 5.95 Å². The maximum Gasteiger partial charge on any atom is 0.268 e. The molecule has 10 heteroatoms. The third-order valence-electron chi connectivity index (χ3n) is 4.24. The van der Waals surface area contributed by atoms with Gasteiger partial charge in [0.1, 0.15) is 10.5 Å². The number of aromatic nitrogens is 5. The van der Waals surface area contributed by atoms with E-state index in [0.717, 1.165) is 36.3 Å². The highest BCUT2D eigenvalue weighted by Crippen LogP contribution is 2.26. The Morgan fingerprint density at radius 2 is 2.15 bits per heavy atom. The van der Waals surface area contributed by atoms with Gasteiger partial charge in [-0.2, -0.15) is 0 Å². The van der Waals surface area contributed by atoms with Crippen LogP contribution in [0.3, 0.4) is 0 Å². The standard InChI is InChI=1S/C17H22N6O2S2/c1-11(2)9-23-16(22-4-6-25-7-5-22)20-21-17(23)27-10-13-18-12-3-8-26-14(12)15(24)19-13/h3,8,11H,4-7,9-10H2,1-2H3,(H,18,19,24). The van der Waals surface area contributed by atoms with Crippen LogP contribution in [0.4, 0.5) is 5.95 Å². The summed E-state index contributed by atoms with van der Waals surface area (Å²) in [7, 11) is 0. The Hall–Kier alpha value is -1.91. The number of fused-ring (bicyclic) bond motifs is 1. The van der Waals surface area contributed by atoms with E-state index < -0.39 is 0 Å². The smallest absolute Gasteiger partial charge is 0.268 e. The number of anilines is 1. The van der Waals surface area contributed by atoms with Crippen LogP contribution in [0.25, 0.3) is 10.2 Å². The van der Waals surface area contributed by atoms with E-state index in [9.17, 15) is 4.79 Å². The zero-order chi connectivity index (χ0) is 18.8. The fourth-order valence-corrected chi connectivity index (χ4v) is 4.57. The third-order valence-corrected chi connectivity index (χ3v) is 6.12. The summed E-state index contributed by atoms with van der Waals surface area (Å²) in [5.74, 6) is 2.56. The molecule has 1 aliphatic rings. The van der Waals surface area contributed by atoms with Crippen molar-refractivity contribution in [3.63, 3.8) is 0 Å². The number of morpholine rings is 1. The first-order valence-corrected chi connectivity index (χ1v) is 10.8. The molecule has 0 radical (unpaired) electrons. The molecule has 1 saturated heterocycles. The molecule has 4 heterocycles. The lowest BCUT2D eigenvalue weighted by Crippen LogP contribution is -2.38. The van der Waals surface area contributed by atoms with E-state index in [1.165, 1.54) is 11.3 Å². The molecule has 1 N–H and O–H groups in total. The van der Waals surface area contributed by atoms with Crippen LogP contribution in [-0.2, 0) is 17.0 Å². The number of hydrogen-bond acceptors (Lipinski definition) is 8. The maximum absolute atomic E-state index is 12.1. The second-order valence-corrected chi connectivity index (χ2v) is 8.68. The highest BCUT2D eigenvalue weighted by atomic mass is 32.2. The van der Waals surface area contributed by atoms with Crippen LogP contribution in [0.1, 0.15) is 19.7 Å². The highest BCUT2D eigenvalue weighted by molar-refractivity contribution is 7.98. The van der Waals surface area contributed by atoms with E-state index in [-0.39, 0.29) is 5.56 Å². The van der Waals surface area contributed by atoms with E-state index in [1.54, 1.807) is 11.8 Å². The largest absolute Gasteiger partial charge is 0.378 e. The lowest BCUT2D eigenvalue weighted by molar-refractivity contribution is 0.121. The molecule has 0 aromatic carbocycles. The second-order valence-electron chi connectivity index (χ2n) is 6.82. The minimum atomic E-state index is -0.0803. The molecule has 0 atom stereocenters. The van der Waals surface area contributed by atoms with Gasteiger partial charge in [0, 0.05) is 19.6 Å². The van der Waals surface area contributed by atoms with Crippen molar-refractivity contribution in [1.82, 2.24) is 24.7 Å². The van der Waals surface area contributed by atoms with Crippen molar-refractivity contribution in [2.24, 2.45) is 5.92 Å². The van der Waals surface area contributed by atoms with Gasteiger partial charge in [-0.05, 0) is 17.4 Å². The molecule has 3 aromatic heterocycles. The van der Waals surface area contributed by atoms with Crippen molar-refractivity contribution in [2.45, 2.75) is 31.3 Å². The number of rotatable bonds is 6. The Bertz CT molecular complexity index is 973. The topological polar surface area (TPSA) is 88.9 Å². The van der Waals surface area contributed by atoms with Crippen molar-refractivity contribution >= 4 is 39.3 Å². The number of ether oxygens (including phenoxy) is 1. The highest BCUT2D eigenvalue weighted by Gasteiger charge is 2.21. The van der Waals surface area contributed by atoms with Crippen molar-refractivity contribution < 1.29 is 4.74 Å². The molecule has 0 amide bonds. The van der Waals surface area contributed by atoms with Crippen molar-refractivity contribution in [1.29, 1.82) is 0 Å². The normalized spacial score (nSPS) is 15.1. The molecular weight excluding hydrogens is 384 g/mol. The van der Waals surface area contributed by atoms with E-state index >= 15 is 0 Å². The van der Waals surface area contributed by atoms with Crippen LogP contribution in [0, 0.1) is 5.92 Å². The van der Waals surface area contributed by atoms with Gasteiger partial charge in [-0.3, -0.25) is 9.36 Å². The van der Waals surface area contributed by atoms with Crippen LogP contribution < -0.4 is 10.5 Å². The van der Waals surface area contributed by atoms with Crippen molar-refractivity contribution in [2.75, 3.05) is 31.2 Å². The zero-order valence-corrected chi connectivity index (χ0v) is 17.0. The molecule has 144 valence electrons. The van der Waals surface area contributed by atoms with Gasteiger partial charge in [-0.25, -0.2) is 4.98 Å². The molecule has 0 aliphatic carbocycles. The second kappa shape index (κ2) is 7.99. The number of H-pyrrole nitrogens is 1. The van der Waals surface area contributed by atoms with E-state index in [2.05, 4.69) is 43.5 Å². The molecule has 3 aromatic rings. The first-order chi connectivity index (χ1) is 13.1. The van der Waals surface area contributed by atoms with Crippen LogP contribution in [0.2, 0.25) is 0 Å². The minimum Gasteiger partial charge on any atom is -0.378 e. The van der Waals surface area contributed by atoms with E-state index in [4.69, 9.17) is 4.74 Å². The summed E-state index contributed by atoms with van der Waals surface area (Å²) in [4.78, 5) is 21.8. The average molecular weight is 407 g/mol. The first-order valence-electron chi connectivity index (χ1n) is 8.97. The zero-order valence-electron chi connectivity index (χ0n) is 15.3. The summed E-state index contributed by atoms with van der Waals surface area (Å²) in [5, 5.41) is 11.6. The molecule has 1 fully saturated rings. The molecule has 1 aliphatic heterocycles. The summed E-state index contributed by atoms with van der Waals surface area (Å²) in [6.07, 6.45) is 0. The summed E-state index contributed by atoms with van der Waals surface area (Å²) < 4.78 is 8.28. The van der Waals surface area contributed by atoms with Gasteiger partial charge < -0.3 is 14.6 Å². The monoisotopic (exact) mass is 406 g/mol. The summed E-state index contributed by atoms with van der Waals surface area (Å²) in [6, 6.07) is 1.88. The Morgan fingerprint density at radius 1 is 1.33 bits per heavy atom. The van der Waals surface area contributed by atoms with Gasteiger partial charge in [0.05, 0.1) is 24.5 Å². The summed E-state index contributed by atoms with van der Waals surface area (Å²) in [6.45, 7) is 8.28. The molecule has 8 nitrogen and oxygen atoms in total. The fourth-order valence-electron chi connectivity index (χ4n) is 3.03. The number of thioether (sulfide) groups is 1. The minimum absolute atomic E-state index is 0.0803. The van der Waals surface area contributed by atoms with Gasteiger partial charge in [0.15, 0.2) is 5.16 Å². The lowest BCUT2D eigenvalue weighted by atomic mass is 10.2. The Balaban J connectivity index is 1.56. The average Bonchev–Trinajstić information content (AvgIpc) is 3.28. The maximum atomic E-state index is 12.1. The number of thiophene rings is 1. The molecule has 27 heavy (non-hydrogen) atoms. The molecule has 4 rings (SSSR count). The summed E-state index contributed by atoms with van der Waals surface area (Å²) >= 11 is 2.96. The van der Waals surface area contributed by atoms with Crippen LogP contribution in [0.5, 0.6) is 0 Å². The van der Waals surface area contributed by atoms with Gasteiger partial charge in [-0.1, -0.05) is 25.6 Å². The van der Waals surface area contributed by atoms with Gasteiger partial charge in [0.25, 0.3) is 5.56 Å². The number of aromatic amines is 1. The quantitative estimate of drug-likeness (QED) is 0.629. The number of nitrogens with one attached hydrogen (secondary N) is 1. The number of hydrogen-bond donors (Lipinski definition) is 1. The third kappa shape index (κ3) is 4.02. The molecular formula is C17H22N6O2S2. The predicted molar refractivity (Wildman–Crippen MR) is 108 cm³/mol. The van der Waals surface area contributed by atoms with Crippen molar-refractivity contribution in [3.05, 3.63) is 27.6 Å². The predicted octanol–water partition coefficient (Wildman–Crippen LogP) is 2.36. The van der Waals surface area contributed by atoms with Crippen LogP contribution >= 0.6 is 23.1 Å². The van der Waals surface area contributed by atoms with Crippen LogP contribution in [0.15, 0.2) is 21.4 Å². The fraction of sp³-hybridized carbons (Fsp3) is 0.529. The van der Waals surface area contributed by atoms with Crippen LogP contribution in [-0.4, -0.2) is 51.0 Å². The van der Waals surface area contributed by atoms with Crippen molar-refractivity contribution in [3.8, 4) is 0 Å². The first kappa shape index (κ1) is 18.5. The molecule has 0 unspecified atom stereocenters. The van der Waals surface area contributed by atoms with Gasteiger partial charge >= 0.3 is 0 Å². The molecule has 0 bridgehead atoms. The molecule has 0 saturated carbocycles. The molecule has 0 spiro atoms. The number of nitrogens with zero attached hydrogens (tertiary/aromatic N) is 5. The lowest BCUT2D eigenvalue weighted by Gasteiger charge is -2.28. The van der Waals surface area contributed by atoms with Gasteiger partial charge in [-0.15, -0.1) is 21.5 Å².